The average molecular weight is 144 g/mol. The zero-order valence-corrected chi connectivity index (χ0v) is 5.29. The van der Waals surface area contributed by atoms with Crippen LogP contribution >= 0.6 is 0 Å². The Balaban J connectivity index is 3.31. The Morgan fingerprint density at radius 2 is 1.70 bits per heavy atom. The van der Waals surface area contributed by atoms with Crippen LogP contribution in [-0.4, -0.2) is 7.85 Å². The van der Waals surface area contributed by atoms with Gasteiger partial charge in [0, 0.05) is 6.07 Å². The normalized spacial score (nSPS) is 9.90. The molecule has 0 radical (unpaired) electrons. The van der Waals surface area contributed by atoms with Crippen molar-refractivity contribution in [2.75, 3.05) is 0 Å². The van der Waals surface area contributed by atoms with Crippen molar-refractivity contribution >= 4 is 13.3 Å². The highest BCUT2D eigenvalue weighted by atomic mass is 19.2. The Kier molecular flexibility index (Phi) is 1.70. The third-order valence-corrected chi connectivity index (χ3v) is 1.17. The second-order valence-electron chi connectivity index (χ2n) is 2.02. The van der Waals surface area contributed by atoms with Crippen molar-refractivity contribution < 1.29 is 13.2 Å². The predicted octanol–water partition coefficient (Wildman–Crippen LogP) is 0.362. The molecule has 0 atom stereocenters. The van der Waals surface area contributed by atoms with E-state index >= 15 is 0 Å². The van der Waals surface area contributed by atoms with Crippen molar-refractivity contribution in [3.63, 3.8) is 0 Å². The fraction of sp³-hybridized carbons (Fsp3) is 0. The molecule has 0 heterocycles. The molecule has 1 rings (SSSR count). The molecular formula is C6H4BF3. The molecule has 0 aliphatic heterocycles. The van der Waals surface area contributed by atoms with Gasteiger partial charge >= 0.3 is 0 Å². The Bertz CT molecular complexity index is 236. The Labute approximate surface area is 57.1 Å². The SMILES string of the molecule is Bc1cc(F)cc(F)c1F. The van der Waals surface area contributed by atoms with Crippen molar-refractivity contribution in [2.45, 2.75) is 0 Å². The van der Waals surface area contributed by atoms with Crippen molar-refractivity contribution in [3.8, 4) is 0 Å². The first kappa shape index (κ1) is 7.19. The van der Waals surface area contributed by atoms with Crippen LogP contribution in [-0.2, 0) is 0 Å². The summed E-state index contributed by atoms with van der Waals surface area (Å²) in [6.07, 6.45) is 0. The van der Waals surface area contributed by atoms with Gasteiger partial charge in [-0.3, -0.25) is 0 Å². The smallest absolute Gasteiger partial charge is 0.161 e. The fourth-order valence-electron chi connectivity index (χ4n) is 0.685. The lowest BCUT2D eigenvalue weighted by Gasteiger charge is -1.96. The van der Waals surface area contributed by atoms with Crippen LogP contribution in [0.5, 0.6) is 0 Å². The highest BCUT2D eigenvalue weighted by Gasteiger charge is 2.05. The van der Waals surface area contributed by atoms with E-state index in [2.05, 4.69) is 0 Å². The summed E-state index contributed by atoms with van der Waals surface area (Å²) in [5, 5.41) is 0. The van der Waals surface area contributed by atoms with Crippen molar-refractivity contribution in [2.24, 2.45) is 0 Å². The van der Waals surface area contributed by atoms with Crippen LogP contribution < -0.4 is 5.46 Å². The van der Waals surface area contributed by atoms with Gasteiger partial charge in [0.1, 0.15) is 13.7 Å². The summed E-state index contributed by atoms with van der Waals surface area (Å²) in [5.74, 6) is -2.88. The monoisotopic (exact) mass is 144 g/mol. The van der Waals surface area contributed by atoms with E-state index in [1.165, 1.54) is 7.85 Å². The van der Waals surface area contributed by atoms with E-state index in [1.807, 2.05) is 0 Å². The molecule has 1 aromatic carbocycles. The topological polar surface area (TPSA) is 0 Å². The first-order valence-electron chi connectivity index (χ1n) is 2.72. The van der Waals surface area contributed by atoms with Crippen molar-refractivity contribution in [3.05, 3.63) is 29.6 Å². The first-order chi connectivity index (χ1) is 4.61. The number of hydrogen-bond donors (Lipinski definition) is 0. The third-order valence-electron chi connectivity index (χ3n) is 1.17. The summed E-state index contributed by atoms with van der Waals surface area (Å²) in [7, 11) is 1.31. The van der Waals surface area contributed by atoms with Crippen LogP contribution in [0.2, 0.25) is 0 Å². The molecule has 0 fully saturated rings. The van der Waals surface area contributed by atoms with Gasteiger partial charge in [0.15, 0.2) is 11.6 Å². The van der Waals surface area contributed by atoms with E-state index < -0.39 is 17.5 Å². The van der Waals surface area contributed by atoms with Gasteiger partial charge in [0.25, 0.3) is 0 Å². The second-order valence-corrected chi connectivity index (χ2v) is 2.02. The molecule has 0 N–H and O–H groups in total. The van der Waals surface area contributed by atoms with Gasteiger partial charge in [-0.05, 0) is 11.5 Å². The number of benzene rings is 1. The highest BCUT2D eigenvalue weighted by molar-refractivity contribution is 6.32. The molecule has 4 heteroatoms. The molecule has 0 spiro atoms. The van der Waals surface area contributed by atoms with Gasteiger partial charge in [-0.25, -0.2) is 13.2 Å². The Morgan fingerprint density at radius 1 is 1.10 bits per heavy atom. The molecular weight excluding hydrogens is 140 g/mol. The maximum absolute atomic E-state index is 12.4. The molecule has 0 nitrogen and oxygen atoms in total. The standard InChI is InChI=1S/C6H4BF3/c7-4-1-3(8)2-5(9)6(4)10/h1-2H,7H2. The summed E-state index contributed by atoms with van der Waals surface area (Å²) >= 11 is 0. The van der Waals surface area contributed by atoms with Gasteiger partial charge in [-0.2, -0.15) is 0 Å². The maximum atomic E-state index is 12.4. The van der Waals surface area contributed by atoms with Gasteiger partial charge in [-0.1, -0.05) is 0 Å². The van der Waals surface area contributed by atoms with Crippen molar-refractivity contribution in [1.82, 2.24) is 0 Å². The summed E-state index contributed by atoms with van der Waals surface area (Å²) < 4.78 is 36.8. The third kappa shape index (κ3) is 1.15. The molecule has 52 valence electrons. The number of halogens is 3. The lowest BCUT2D eigenvalue weighted by atomic mass is 9.95. The van der Waals surface area contributed by atoms with E-state index in [4.69, 9.17) is 0 Å². The Hall–Kier alpha value is -0.925. The maximum Gasteiger partial charge on any atom is 0.161 e. The molecule has 0 aromatic heterocycles. The van der Waals surface area contributed by atoms with Gasteiger partial charge in [0.05, 0.1) is 0 Å². The summed E-state index contributed by atoms with van der Waals surface area (Å²) in [4.78, 5) is 0. The lowest BCUT2D eigenvalue weighted by Crippen LogP contribution is -2.11. The van der Waals surface area contributed by atoms with E-state index in [1.54, 1.807) is 0 Å². The fourth-order valence-corrected chi connectivity index (χ4v) is 0.685. The van der Waals surface area contributed by atoms with Crippen LogP contribution in [0.25, 0.3) is 0 Å². The van der Waals surface area contributed by atoms with E-state index in [9.17, 15) is 13.2 Å². The molecule has 0 amide bonds. The second kappa shape index (κ2) is 2.36. The van der Waals surface area contributed by atoms with Gasteiger partial charge in [-0.15, -0.1) is 0 Å². The zero-order chi connectivity index (χ0) is 7.72. The summed E-state index contributed by atoms with van der Waals surface area (Å²) in [6, 6.07) is 1.46. The minimum absolute atomic E-state index is 0.0162. The van der Waals surface area contributed by atoms with Crippen molar-refractivity contribution in [1.29, 1.82) is 0 Å². The zero-order valence-electron chi connectivity index (χ0n) is 5.29. The number of rotatable bonds is 0. The molecule has 0 saturated carbocycles. The molecule has 0 saturated heterocycles. The molecule has 10 heavy (non-hydrogen) atoms. The van der Waals surface area contributed by atoms with Crippen LogP contribution in [0.4, 0.5) is 13.2 Å². The minimum atomic E-state index is -1.14. The number of hydrogen-bond acceptors (Lipinski definition) is 0. The van der Waals surface area contributed by atoms with Crippen LogP contribution in [0.3, 0.4) is 0 Å². The molecule has 0 aliphatic carbocycles. The van der Waals surface area contributed by atoms with Gasteiger partial charge in [0.2, 0.25) is 0 Å². The average Bonchev–Trinajstić information content (AvgIpc) is 1.82. The lowest BCUT2D eigenvalue weighted by molar-refractivity contribution is 0.501. The van der Waals surface area contributed by atoms with Gasteiger partial charge < -0.3 is 0 Å². The molecule has 0 aliphatic rings. The van der Waals surface area contributed by atoms with E-state index in [0.29, 0.717) is 6.07 Å². The Morgan fingerprint density at radius 3 is 2.20 bits per heavy atom. The molecule has 0 bridgehead atoms. The van der Waals surface area contributed by atoms with E-state index in [0.717, 1.165) is 6.07 Å². The largest absolute Gasteiger partial charge is 0.207 e. The van der Waals surface area contributed by atoms with E-state index in [-0.39, 0.29) is 5.46 Å². The van der Waals surface area contributed by atoms with Crippen LogP contribution in [0.1, 0.15) is 0 Å². The first-order valence-corrected chi connectivity index (χ1v) is 2.72. The van der Waals surface area contributed by atoms with Crippen LogP contribution in [0.15, 0.2) is 12.1 Å². The predicted molar refractivity (Wildman–Crippen MR) is 34.5 cm³/mol. The quantitative estimate of drug-likeness (QED) is 0.364. The molecule has 1 aromatic rings. The summed E-state index contributed by atoms with van der Waals surface area (Å²) in [6.45, 7) is 0. The molecule has 0 unspecified atom stereocenters. The minimum Gasteiger partial charge on any atom is -0.207 e. The highest BCUT2D eigenvalue weighted by Crippen LogP contribution is 2.03. The van der Waals surface area contributed by atoms with Crippen LogP contribution in [0, 0.1) is 17.5 Å². The summed E-state index contributed by atoms with van der Waals surface area (Å²) in [5.41, 5.74) is -0.0162.